The van der Waals surface area contributed by atoms with Crippen LogP contribution in [0.2, 0.25) is 5.02 Å². The number of hydrogen-bond donors (Lipinski definition) is 1. The Hall–Kier alpha value is -1.64. The fourth-order valence-electron chi connectivity index (χ4n) is 2.60. The molecule has 0 saturated carbocycles. The van der Waals surface area contributed by atoms with Crippen molar-refractivity contribution in [1.29, 1.82) is 0 Å². The van der Waals surface area contributed by atoms with Crippen molar-refractivity contribution in [3.63, 3.8) is 0 Å². The maximum Gasteiger partial charge on any atom is 0.255 e. The van der Waals surface area contributed by atoms with Crippen molar-refractivity contribution in [2.75, 3.05) is 31.3 Å². The monoisotopic (exact) mass is 359 g/mol. The van der Waals surface area contributed by atoms with Crippen LogP contribution < -0.4 is 10.0 Å². The predicted octanol–water partition coefficient (Wildman–Crippen LogP) is 0.683. The third-order valence-electron chi connectivity index (χ3n) is 3.56. The molecule has 1 atom stereocenters. The van der Waals surface area contributed by atoms with Gasteiger partial charge in [0.05, 0.1) is 17.0 Å². The third-order valence-corrected chi connectivity index (χ3v) is 4.73. The highest BCUT2D eigenvalue weighted by atomic mass is 35.5. The maximum absolute atomic E-state index is 12.3. The number of primary sulfonamides is 1. The van der Waals surface area contributed by atoms with E-state index in [1.54, 1.807) is 26.2 Å². The van der Waals surface area contributed by atoms with Crippen LogP contribution in [0.25, 0.3) is 0 Å². The molecule has 0 radical (unpaired) electrons. The van der Waals surface area contributed by atoms with Crippen molar-refractivity contribution in [3.8, 4) is 0 Å². The van der Waals surface area contributed by atoms with Gasteiger partial charge in [-0.05, 0) is 18.2 Å². The second-order valence-electron chi connectivity index (χ2n) is 5.77. The molecule has 1 aromatic carbocycles. The molecule has 2 N–H and O–H groups in total. The Morgan fingerprint density at radius 2 is 2.09 bits per heavy atom. The number of nitrogens with zero attached hydrogens (tertiary/aromatic N) is 2. The van der Waals surface area contributed by atoms with Gasteiger partial charge in [0.15, 0.2) is 0 Å². The molecular weight excluding hydrogens is 342 g/mol. The normalized spacial score (nSPS) is 18.3. The first-order chi connectivity index (χ1) is 10.6. The lowest BCUT2D eigenvalue weighted by molar-refractivity contribution is -0.117. The van der Waals surface area contributed by atoms with E-state index < -0.39 is 15.9 Å². The number of carbonyl (C=O) groups is 2. The maximum atomic E-state index is 12.3. The zero-order chi connectivity index (χ0) is 17.4. The van der Waals surface area contributed by atoms with Crippen molar-refractivity contribution in [1.82, 2.24) is 4.90 Å². The average molecular weight is 360 g/mol. The molecule has 1 aliphatic heterocycles. The standard InChI is InChI=1S/C14H18ClN3O4S/c1-17(2)14(20)11-4-3-10(15)6-12(11)18-7-9(5-13(18)19)8-23(16,21)22/h3-4,6,9H,5,7-8H2,1-2H3,(H2,16,21,22). The first-order valence-corrected chi connectivity index (χ1v) is 9.00. The number of sulfonamides is 1. The first-order valence-electron chi connectivity index (χ1n) is 6.90. The lowest BCUT2D eigenvalue weighted by Crippen LogP contribution is -2.30. The van der Waals surface area contributed by atoms with Crippen molar-refractivity contribution in [3.05, 3.63) is 28.8 Å². The van der Waals surface area contributed by atoms with E-state index in [0.717, 1.165) is 0 Å². The number of rotatable bonds is 4. The van der Waals surface area contributed by atoms with Crippen molar-refractivity contribution in [2.45, 2.75) is 6.42 Å². The minimum atomic E-state index is -3.66. The second-order valence-corrected chi connectivity index (χ2v) is 7.86. The number of hydrogen-bond acceptors (Lipinski definition) is 4. The lowest BCUT2D eigenvalue weighted by atomic mass is 10.1. The van der Waals surface area contributed by atoms with Crippen molar-refractivity contribution < 1.29 is 18.0 Å². The van der Waals surface area contributed by atoms with E-state index in [-0.39, 0.29) is 30.5 Å². The van der Waals surface area contributed by atoms with Gasteiger partial charge in [-0.2, -0.15) is 0 Å². The lowest BCUT2D eigenvalue weighted by Gasteiger charge is -2.22. The highest BCUT2D eigenvalue weighted by Gasteiger charge is 2.34. The van der Waals surface area contributed by atoms with Crippen LogP contribution in [0, 0.1) is 5.92 Å². The van der Waals surface area contributed by atoms with Gasteiger partial charge in [-0.25, -0.2) is 13.6 Å². The largest absolute Gasteiger partial charge is 0.345 e. The highest BCUT2D eigenvalue weighted by Crippen LogP contribution is 2.31. The summed E-state index contributed by atoms with van der Waals surface area (Å²) in [7, 11) is -0.450. The average Bonchev–Trinajstić information content (AvgIpc) is 2.76. The van der Waals surface area contributed by atoms with Gasteiger partial charge < -0.3 is 9.80 Å². The SMILES string of the molecule is CN(C)C(=O)c1ccc(Cl)cc1N1CC(CS(N)(=O)=O)CC1=O. The molecule has 1 fully saturated rings. The molecule has 9 heteroatoms. The Kier molecular flexibility index (Phi) is 4.98. The summed E-state index contributed by atoms with van der Waals surface area (Å²) >= 11 is 5.99. The summed E-state index contributed by atoms with van der Waals surface area (Å²) in [5.41, 5.74) is 0.724. The van der Waals surface area contributed by atoms with Crippen LogP contribution in [0.5, 0.6) is 0 Å². The van der Waals surface area contributed by atoms with Gasteiger partial charge in [-0.3, -0.25) is 9.59 Å². The molecule has 0 aromatic heterocycles. The van der Waals surface area contributed by atoms with E-state index in [4.69, 9.17) is 16.7 Å². The van der Waals surface area contributed by atoms with Gasteiger partial charge in [0.25, 0.3) is 5.91 Å². The highest BCUT2D eigenvalue weighted by molar-refractivity contribution is 7.89. The van der Waals surface area contributed by atoms with Gasteiger partial charge in [0, 0.05) is 38.0 Å². The molecule has 1 heterocycles. The quantitative estimate of drug-likeness (QED) is 0.854. The molecule has 2 rings (SSSR count). The molecule has 1 unspecified atom stereocenters. The van der Waals surface area contributed by atoms with Crippen LogP contribution in [-0.4, -0.2) is 51.5 Å². The van der Waals surface area contributed by atoms with E-state index in [9.17, 15) is 18.0 Å². The van der Waals surface area contributed by atoms with Gasteiger partial charge in [-0.1, -0.05) is 11.6 Å². The third kappa shape index (κ3) is 4.21. The molecule has 0 spiro atoms. The summed E-state index contributed by atoms with van der Waals surface area (Å²) in [6, 6.07) is 4.67. The molecule has 0 bridgehead atoms. The molecule has 1 aromatic rings. The van der Waals surface area contributed by atoms with Crippen LogP contribution in [-0.2, 0) is 14.8 Å². The van der Waals surface area contributed by atoms with E-state index in [2.05, 4.69) is 0 Å². The van der Waals surface area contributed by atoms with E-state index in [1.165, 1.54) is 15.9 Å². The summed E-state index contributed by atoms with van der Waals surface area (Å²) in [5.74, 6) is -1.20. The summed E-state index contributed by atoms with van der Waals surface area (Å²) in [4.78, 5) is 27.3. The fraction of sp³-hybridized carbons (Fsp3) is 0.429. The van der Waals surface area contributed by atoms with E-state index >= 15 is 0 Å². The molecule has 23 heavy (non-hydrogen) atoms. The molecule has 126 valence electrons. The minimum absolute atomic E-state index is 0.0680. The zero-order valence-electron chi connectivity index (χ0n) is 12.8. The van der Waals surface area contributed by atoms with Gasteiger partial charge in [0.2, 0.25) is 15.9 Å². The molecule has 1 aliphatic rings. The van der Waals surface area contributed by atoms with Gasteiger partial charge in [0.1, 0.15) is 0 Å². The summed E-state index contributed by atoms with van der Waals surface area (Å²) in [5, 5.41) is 5.43. The summed E-state index contributed by atoms with van der Waals surface area (Å²) in [6.07, 6.45) is 0.0680. The van der Waals surface area contributed by atoms with Gasteiger partial charge >= 0.3 is 0 Å². The Morgan fingerprint density at radius 3 is 2.65 bits per heavy atom. The fourth-order valence-corrected chi connectivity index (χ4v) is 3.65. The topological polar surface area (TPSA) is 101 Å². The smallest absolute Gasteiger partial charge is 0.255 e. The molecular formula is C14H18ClN3O4S. The Labute approximate surface area is 140 Å². The minimum Gasteiger partial charge on any atom is -0.345 e. The number of anilines is 1. The molecule has 1 saturated heterocycles. The summed E-state index contributed by atoms with van der Waals surface area (Å²) in [6.45, 7) is 0.184. The summed E-state index contributed by atoms with van der Waals surface area (Å²) < 4.78 is 22.4. The Balaban J connectivity index is 2.36. The molecule has 2 amide bonds. The van der Waals surface area contributed by atoms with Gasteiger partial charge in [-0.15, -0.1) is 0 Å². The Morgan fingerprint density at radius 1 is 1.43 bits per heavy atom. The van der Waals surface area contributed by atoms with Crippen LogP contribution in [0.4, 0.5) is 5.69 Å². The Bertz CT molecular complexity index is 748. The van der Waals surface area contributed by atoms with Crippen LogP contribution in [0.3, 0.4) is 0 Å². The number of halogens is 1. The van der Waals surface area contributed by atoms with E-state index in [0.29, 0.717) is 16.3 Å². The molecule has 0 aliphatic carbocycles. The first kappa shape index (κ1) is 17.7. The molecule has 7 nitrogen and oxygen atoms in total. The van der Waals surface area contributed by atoms with Crippen molar-refractivity contribution in [2.24, 2.45) is 11.1 Å². The number of carbonyl (C=O) groups excluding carboxylic acids is 2. The predicted molar refractivity (Wildman–Crippen MR) is 87.9 cm³/mol. The zero-order valence-corrected chi connectivity index (χ0v) is 14.4. The van der Waals surface area contributed by atoms with E-state index in [1.807, 2.05) is 0 Å². The van der Waals surface area contributed by atoms with Crippen molar-refractivity contribution >= 4 is 39.1 Å². The van der Waals surface area contributed by atoms with Crippen LogP contribution in [0.15, 0.2) is 18.2 Å². The van der Waals surface area contributed by atoms with Crippen LogP contribution in [0.1, 0.15) is 16.8 Å². The number of benzene rings is 1. The second kappa shape index (κ2) is 6.46. The van der Waals surface area contributed by atoms with Crippen LogP contribution >= 0.6 is 11.6 Å². The number of amides is 2. The number of nitrogens with two attached hydrogens (primary N) is 1.